The van der Waals surface area contributed by atoms with Gasteiger partial charge in [-0.1, -0.05) is 42.5 Å². The zero-order valence-corrected chi connectivity index (χ0v) is 16.0. The van der Waals surface area contributed by atoms with Gasteiger partial charge >= 0.3 is 0 Å². The number of ketones is 1. The van der Waals surface area contributed by atoms with Crippen LogP contribution < -0.4 is 0 Å². The summed E-state index contributed by atoms with van der Waals surface area (Å²) in [6.07, 6.45) is 0.610. The summed E-state index contributed by atoms with van der Waals surface area (Å²) in [5.41, 5.74) is 2.21. The van der Waals surface area contributed by atoms with Gasteiger partial charge in [-0.15, -0.1) is 0 Å². The lowest BCUT2D eigenvalue weighted by atomic mass is 10.1. The van der Waals surface area contributed by atoms with E-state index >= 15 is 0 Å². The number of rotatable bonds is 6. The van der Waals surface area contributed by atoms with E-state index in [9.17, 15) is 4.79 Å². The van der Waals surface area contributed by atoms with Crippen molar-refractivity contribution >= 4 is 28.4 Å². The van der Waals surface area contributed by atoms with Crippen molar-refractivity contribution in [1.29, 1.82) is 0 Å². The fourth-order valence-electron chi connectivity index (χ4n) is 3.05. The van der Waals surface area contributed by atoms with E-state index in [4.69, 9.17) is 0 Å². The van der Waals surface area contributed by atoms with Gasteiger partial charge in [0.05, 0.1) is 0 Å². The van der Waals surface area contributed by atoms with Gasteiger partial charge in [-0.05, 0) is 40.3 Å². The van der Waals surface area contributed by atoms with E-state index in [0.29, 0.717) is 6.42 Å². The summed E-state index contributed by atoms with van der Waals surface area (Å²) in [5, 5.41) is 0. The van der Waals surface area contributed by atoms with Gasteiger partial charge in [0.1, 0.15) is 0 Å². The minimum absolute atomic E-state index is 0.248. The first kappa shape index (κ1) is 17.6. The molecule has 0 unspecified atom stereocenters. The molecular formula is C20H23IN2O. The molecule has 0 bridgehead atoms. The maximum absolute atomic E-state index is 12.3. The number of piperazine rings is 1. The molecule has 0 N–H and O–H groups in total. The third-order valence-electron chi connectivity index (χ3n) is 4.54. The number of hydrogen-bond donors (Lipinski definition) is 0. The number of benzene rings is 2. The van der Waals surface area contributed by atoms with Crippen molar-refractivity contribution in [3.05, 3.63) is 69.3 Å². The number of carbonyl (C=O) groups is 1. The molecule has 1 aliphatic heterocycles. The molecule has 4 heteroatoms. The summed E-state index contributed by atoms with van der Waals surface area (Å²) in [6.45, 7) is 6.14. The Bertz CT molecular complexity index is 649. The first-order chi connectivity index (χ1) is 11.7. The van der Waals surface area contributed by atoms with Gasteiger partial charge in [-0.3, -0.25) is 9.69 Å². The summed E-state index contributed by atoms with van der Waals surface area (Å²) in [7, 11) is 0. The molecule has 3 rings (SSSR count). The summed E-state index contributed by atoms with van der Waals surface area (Å²) in [5.74, 6) is 0.248. The van der Waals surface area contributed by atoms with E-state index in [2.05, 4.69) is 62.7 Å². The van der Waals surface area contributed by atoms with E-state index in [1.165, 1.54) is 9.13 Å². The fourth-order valence-corrected chi connectivity index (χ4v) is 3.41. The maximum Gasteiger partial charge on any atom is 0.164 e. The highest BCUT2D eigenvalue weighted by Gasteiger charge is 2.17. The van der Waals surface area contributed by atoms with Gasteiger partial charge in [0, 0.05) is 54.8 Å². The van der Waals surface area contributed by atoms with Crippen molar-refractivity contribution in [1.82, 2.24) is 9.80 Å². The van der Waals surface area contributed by atoms with E-state index in [1.807, 2.05) is 24.3 Å². The van der Waals surface area contributed by atoms with Gasteiger partial charge in [0.15, 0.2) is 5.78 Å². The van der Waals surface area contributed by atoms with E-state index in [1.54, 1.807) is 0 Å². The monoisotopic (exact) mass is 434 g/mol. The van der Waals surface area contributed by atoms with Gasteiger partial charge in [-0.25, -0.2) is 0 Å². The minimum atomic E-state index is 0.248. The van der Waals surface area contributed by atoms with Crippen molar-refractivity contribution in [2.45, 2.75) is 13.0 Å². The zero-order valence-electron chi connectivity index (χ0n) is 13.8. The molecular weight excluding hydrogens is 411 g/mol. The predicted octanol–water partition coefficient (Wildman–Crippen LogP) is 3.68. The van der Waals surface area contributed by atoms with E-state index in [-0.39, 0.29) is 5.78 Å². The van der Waals surface area contributed by atoms with E-state index < -0.39 is 0 Å². The van der Waals surface area contributed by atoms with Gasteiger partial charge in [0.25, 0.3) is 0 Å². The molecule has 0 aromatic heterocycles. The molecule has 2 aromatic carbocycles. The van der Waals surface area contributed by atoms with Crippen LogP contribution in [0.5, 0.6) is 0 Å². The van der Waals surface area contributed by atoms with Crippen LogP contribution in [0.15, 0.2) is 54.6 Å². The van der Waals surface area contributed by atoms with Crippen molar-refractivity contribution in [2.75, 3.05) is 32.7 Å². The highest BCUT2D eigenvalue weighted by molar-refractivity contribution is 14.1. The number of halogens is 1. The number of hydrogen-bond acceptors (Lipinski definition) is 3. The molecule has 1 fully saturated rings. The van der Waals surface area contributed by atoms with E-state index in [0.717, 1.165) is 44.8 Å². The van der Waals surface area contributed by atoms with Crippen LogP contribution in [-0.4, -0.2) is 48.3 Å². The predicted molar refractivity (Wildman–Crippen MR) is 106 cm³/mol. The van der Waals surface area contributed by atoms with Crippen LogP contribution in [0.25, 0.3) is 0 Å². The largest absolute Gasteiger partial charge is 0.300 e. The summed E-state index contributed by atoms with van der Waals surface area (Å²) >= 11 is 2.26. The number of Topliss-reactive ketones (excluding diaryl/α,β-unsaturated/α-hetero) is 1. The lowest BCUT2D eigenvalue weighted by molar-refractivity contribution is 0.0922. The molecule has 0 aliphatic carbocycles. The highest BCUT2D eigenvalue weighted by Crippen LogP contribution is 2.11. The highest BCUT2D eigenvalue weighted by atomic mass is 127. The van der Waals surface area contributed by atoms with Gasteiger partial charge in [-0.2, -0.15) is 0 Å². The van der Waals surface area contributed by atoms with Crippen molar-refractivity contribution in [3.8, 4) is 0 Å². The normalized spacial score (nSPS) is 16.2. The SMILES string of the molecule is O=C(CCN1CCN(Cc2ccccc2)CC1)c1ccc(I)cc1. The molecule has 1 aliphatic rings. The summed E-state index contributed by atoms with van der Waals surface area (Å²) < 4.78 is 1.17. The Balaban J connectivity index is 1.41. The average Bonchev–Trinajstić information content (AvgIpc) is 2.62. The van der Waals surface area contributed by atoms with Crippen LogP contribution in [0.1, 0.15) is 22.3 Å². The molecule has 0 spiro atoms. The van der Waals surface area contributed by atoms with Crippen molar-refractivity contribution < 1.29 is 4.79 Å². The second-order valence-corrected chi connectivity index (χ2v) is 7.53. The Kier molecular flexibility index (Phi) is 6.40. The Morgan fingerprint density at radius 1 is 0.875 bits per heavy atom. The fraction of sp³-hybridized carbons (Fsp3) is 0.350. The van der Waals surface area contributed by atoms with Gasteiger partial charge < -0.3 is 4.90 Å². The first-order valence-corrected chi connectivity index (χ1v) is 9.56. The van der Waals surface area contributed by atoms with Crippen LogP contribution in [0.2, 0.25) is 0 Å². The van der Waals surface area contributed by atoms with Crippen LogP contribution in [-0.2, 0) is 6.54 Å². The third kappa shape index (κ3) is 5.13. The molecule has 2 aromatic rings. The van der Waals surface area contributed by atoms with Crippen molar-refractivity contribution in [2.24, 2.45) is 0 Å². The van der Waals surface area contributed by atoms with Crippen LogP contribution >= 0.6 is 22.6 Å². The third-order valence-corrected chi connectivity index (χ3v) is 5.25. The number of nitrogens with zero attached hydrogens (tertiary/aromatic N) is 2. The average molecular weight is 434 g/mol. The summed E-state index contributed by atoms with van der Waals surface area (Å²) in [4.78, 5) is 17.2. The number of carbonyl (C=O) groups excluding carboxylic acids is 1. The second-order valence-electron chi connectivity index (χ2n) is 6.28. The minimum Gasteiger partial charge on any atom is -0.300 e. The van der Waals surface area contributed by atoms with Crippen LogP contribution in [0, 0.1) is 3.57 Å². The standard InChI is InChI=1S/C20H23IN2O/c21-19-8-6-18(7-9-19)20(24)10-11-22-12-14-23(15-13-22)16-17-4-2-1-3-5-17/h1-9H,10-16H2. The molecule has 24 heavy (non-hydrogen) atoms. The molecule has 1 heterocycles. The zero-order chi connectivity index (χ0) is 16.8. The van der Waals surface area contributed by atoms with Crippen LogP contribution in [0.3, 0.4) is 0 Å². The lowest BCUT2D eigenvalue weighted by Gasteiger charge is -2.34. The Morgan fingerprint density at radius 3 is 2.17 bits per heavy atom. The molecule has 1 saturated heterocycles. The second kappa shape index (κ2) is 8.74. The lowest BCUT2D eigenvalue weighted by Crippen LogP contribution is -2.46. The molecule has 0 amide bonds. The molecule has 0 saturated carbocycles. The van der Waals surface area contributed by atoms with Crippen LogP contribution in [0.4, 0.5) is 0 Å². The molecule has 0 atom stereocenters. The summed E-state index contributed by atoms with van der Waals surface area (Å²) in [6, 6.07) is 18.5. The topological polar surface area (TPSA) is 23.6 Å². The Labute approximate surface area is 157 Å². The molecule has 126 valence electrons. The molecule has 3 nitrogen and oxygen atoms in total. The Morgan fingerprint density at radius 2 is 1.50 bits per heavy atom. The van der Waals surface area contributed by atoms with Gasteiger partial charge in [0.2, 0.25) is 0 Å². The maximum atomic E-state index is 12.3. The smallest absolute Gasteiger partial charge is 0.164 e. The first-order valence-electron chi connectivity index (χ1n) is 8.48. The van der Waals surface area contributed by atoms with Crippen molar-refractivity contribution in [3.63, 3.8) is 0 Å². The quantitative estimate of drug-likeness (QED) is 0.512. The Hall–Kier alpha value is -1.24. The molecule has 0 radical (unpaired) electrons.